The Hall–Kier alpha value is -6.78. The van der Waals surface area contributed by atoms with E-state index in [9.17, 15) is 104 Å². The second-order valence-electron chi connectivity index (χ2n) is 20.6. The molecule has 0 aliphatic carbocycles. The number of benzene rings is 1. The minimum atomic E-state index is -2.07. The third-order valence-corrected chi connectivity index (χ3v) is 13.5. The van der Waals surface area contributed by atoms with Gasteiger partial charge in [0.1, 0.15) is 67.3 Å². The van der Waals surface area contributed by atoms with E-state index < -0.39 is 171 Å². The minimum absolute atomic E-state index is 0.00874. The van der Waals surface area contributed by atoms with Gasteiger partial charge in [-0.3, -0.25) is 48.2 Å². The number of aliphatic carboxylic acids is 1. The number of urea groups is 1. The lowest BCUT2D eigenvalue weighted by Crippen LogP contribution is -2.54. The predicted octanol–water partition coefficient (Wildman–Crippen LogP) is -6.35. The van der Waals surface area contributed by atoms with Crippen LogP contribution in [0, 0.1) is 5.92 Å². The number of hydrogen-bond acceptors (Lipinski definition) is 21. The molecule has 0 aromatic heterocycles. The van der Waals surface area contributed by atoms with Gasteiger partial charge in [0.05, 0.1) is 25.4 Å². The summed E-state index contributed by atoms with van der Waals surface area (Å²) in [5, 5.41) is 128. The molecule has 84 heavy (non-hydrogen) atoms. The quantitative estimate of drug-likeness (QED) is 0.0214. The second-order valence-corrected chi connectivity index (χ2v) is 20.6. The van der Waals surface area contributed by atoms with Crippen LogP contribution in [0.25, 0.3) is 0 Å². The van der Waals surface area contributed by atoms with E-state index in [0.29, 0.717) is 10.6 Å². The highest BCUT2D eigenvalue weighted by Crippen LogP contribution is 2.16. The van der Waals surface area contributed by atoms with Crippen molar-refractivity contribution in [2.24, 2.45) is 11.7 Å². The number of aryl methyl sites for hydroxylation is 1. The van der Waals surface area contributed by atoms with E-state index in [1.165, 1.54) is 4.90 Å². The van der Waals surface area contributed by atoms with Crippen molar-refractivity contribution in [3.05, 3.63) is 42.0 Å². The standard InChI is InChI=1S/C53H86N10O21/c1-4-30-13-15-31(16-14-30)57-49(79)33(12-9-22-56-53(54)84)59-51(81)44(29(2)3)61-40(71)18-17-39(70)55-21-7-5-11-34(52(82)83)60-50(80)32(58-41(72)26-63-42(73)19-20-43(63)74)10-6-8-23-62(24-35(66)45(75)47(77)37(68)27-64)25-36(67)46(76)48(78)38(69)28-65/h13-16,19-20,29,32-38,44-48,64-69,75-78H,4-12,17-18,21-28H2,1-3H3,(H,55,70)(H,57,79)(H,58,72)(H,59,81)(H,60,80)(H,61,71)(H,82,83)(H3,54,56,84)/t32-,33-,34-,35-,36-,37+,38+,44-,45+,46+,47+,48+/m0/s1. The molecule has 0 fully saturated rings. The number of unbranched alkanes of at least 4 members (excludes halogenated alkanes) is 2. The number of aliphatic hydroxyl groups is 10. The van der Waals surface area contributed by atoms with Gasteiger partial charge in [-0.1, -0.05) is 32.9 Å². The number of carbonyl (C=O) groups is 10. The molecule has 31 heteroatoms. The lowest BCUT2D eigenvalue weighted by molar-refractivity contribution is -0.143. The number of carboxylic acids is 1. The van der Waals surface area contributed by atoms with Crippen LogP contribution >= 0.6 is 0 Å². The van der Waals surface area contributed by atoms with Crippen molar-refractivity contribution in [2.45, 2.75) is 164 Å². The van der Waals surface area contributed by atoms with Crippen molar-refractivity contribution >= 4 is 64.9 Å². The summed E-state index contributed by atoms with van der Waals surface area (Å²) in [5.74, 6) is -7.98. The number of nitrogens with two attached hydrogens (primary N) is 1. The lowest BCUT2D eigenvalue weighted by Gasteiger charge is -2.33. The van der Waals surface area contributed by atoms with Crippen LogP contribution in [0.2, 0.25) is 0 Å². The molecule has 474 valence electrons. The van der Waals surface area contributed by atoms with Gasteiger partial charge < -0.3 is 99.1 Å². The van der Waals surface area contributed by atoms with Gasteiger partial charge in [0.25, 0.3) is 11.8 Å². The number of rotatable bonds is 42. The van der Waals surface area contributed by atoms with E-state index >= 15 is 0 Å². The normalized spacial score (nSPS) is 16.7. The number of hydrogen-bond donors (Lipinski definition) is 19. The van der Waals surface area contributed by atoms with Crippen molar-refractivity contribution in [1.82, 2.24) is 41.7 Å². The van der Waals surface area contributed by atoms with Gasteiger partial charge in [-0.2, -0.15) is 0 Å². The highest BCUT2D eigenvalue weighted by molar-refractivity contribution is 6.14. The van der Waals surface area contributed by atoms with E-state index in [0.717, 1.165) is 24.1 Å². The van der Waals surface area contributed by atoms with Gasteiger partial charge in [0.2, 0.25) is 35.4 Å². The molecule has 1 aromatic rings. The number of primary amides is 1. The van der Waals surface area contributed by atoms with Gasteiger partial charge in [-0.25, -0.2) is 9.59 Å². The zero-order valence-corrected chi connectivity index (χ0v) is 47.4. The van der Waals surface area contributed by atoms with Crippen LogP contribution in [0.15, 0.2) is 36.4 Å². The summed E-state index contributed by atoms with van der Waals surface area (Å²) in [5.41, 5.74) is 6.68. The topological polar surface area (TPSA) is 510 Å². The number of nitrogens with zero attached hydrogens (tertiary/aromatic N) is 2. The van der Waals surface area contributed by atoms with Crippen LogP contribution in [0.1, 0.15) is 90.5 Å². The molecule has 0 saturated carbocycles. The second kappa shape index (κ2) is 38.2. The number of carboxylic acid groups (broad SMARTS) is 1. The fraction of sp³-hybridized carbons (Fsp3) is 0.660. The highest BCUT2D eigenvalue weighted by atomic mass is 16.4. The van der Waals surface area contributed by atoms with Gasteiger partial charge in [0, 0.05) is 56.9 Å². The third-order valence-electron chi connectivity index (χ3n) is 13.5. The SMILES string of the molecule is CCc1ccc(NC(=O)[C@H](CCCNC(N)=O)NC(=O)[C@@H](NC(=O)CCC(=O)NCCCC[C@H](NC(=O)[C@H](CCCCN(C[C@H](O)[C@@H](O)[C@H](O)[C@H](O)CO)C[C@H](O)[C@@H](O)[C@H](O)[C@H](O)CO)NC(=O)CN2C(=O)C=CC2=O)C(=O)O)C(C)C)cc1. The van der Waals surface area contributed by atoms with Crippen LogP contribution < -0.4 is 43.0 Å². The van der Waals surface area contributed by atoms with Crippen LogP contribution in [-0.4, -0.2) is 251 Å². The van der Waals surface area contributed by atoms with Gasteiger partial charge in [0.15, 0.2) is 0 Å². The molecule has 0 bridgehead atoms. The van der Waals surface area contributed by atoms with Crippen LogP contribution in [-0.2, 0) is 49.6 Å². The van der Waals surface area contributed by atoms with Crippen LogP contribution in [0.5, 0.6) is 0 Å². The smallest absolute Gasteiger partial charge is 0.326 e. The monoisotopic (exact) mass is 1200 g/mol. The maximum Gasteiger partial charge on any atom is 0.326 e. The first-order valence-electron chi connectivity index (χ1n) is 27.7. The predicted molar refractivity (Wildman–Crippen MR) is 296 cm³/mol. The molecule has 1 aliphatic heterocycles. The first-order chi connectivity index (χ1) is 39.6. The van der Waals surface area contributed by atoms with Gasteiger partial charge >= 0.3 is 12.0 Å². The minimum Gasteiger partial charge on any atom is -0.480 e. The largest absolute Gasteiger partial charge is 0.480 e. The first kappa shape index (κ1) is 73.3. The Morgan fingerprint density at radius 1 is 0.571 bits per heavy atom. The Labute approximate surface area is 485 Å². The maximum absolute atomic E-state index is 13.7. The number of imide groups is 1. The summed E-state index contributed by atoms with van der Waals surface area (Å²) < 4.78 is 0. The average Bonchev–Trinajstić information content (AvgIpc) is 3.98. The lowest BCUT2D eigenvalue weighted by atomic mass is 10.0. The highest BCUT2D eigenvalue weighted by Gasteiger charge is 2.36. The van der Waals surface area contributed by atoms with Crippen LogP contribution in [0.3, 0.4) is 0 Å². The summed E-state index contributed by atoms with van der Waals surface area (Å²) in [6.07, 6.45) is -13.5. The van der Waals surface area contributed by atoms with Crippen molar-refractivity contribution in [2.75, 3.05) is 57.8 Å². The van der Waals surface area contributed by atoms with E-state index in [2.05, 4.69) is 37.2 Å². The van der Waals surface area contributed by atoms with Crippen molar-refractivity contribution in [3.63, 3.8) is 0 Å². The molecule has 0 saturated heterocycles. The van der Waals surface area contributed by atoms with Crippen LogP contribution in [0.4, 0.5) is 10.5 Å². The molecule has 1 aliphatic rings. The first-order valence-corrected chi connectivity index (χ1v) is 27.7. The molecular weight excluding hydrogens is 1110 g/mol. The average molecular weight is 1200 g/mol. The van der Waals surface area contributed by atoms with E-state index in [-0.39, 0.29) is 83.8 Å². The molecular formula is C53H86N10O21. The number of aliphatic hydroxyl groups excluding tert-OH is 10. The van der Waals surface area contributed by atoms with E-state index in [4.69, 9.17) is 5.73 Å². The third kappa shape index (κ3) is 26.4. The number of carbonyl (C=O) groups excluding carboxylic acids is 9. The molecule has 12 atom stereocenters. The maximum atomic E-state index is 13.7. The van der Waals surface area contributed by atoms with Crippen molar-refractivity contribution in [1.29, 1.82) is 0 Å². The summed E-state index contributed by atoms with van der Waals surface area (Å²) in [6.45, 7) is 1.29. The zero-order valence-electron chi connectivity index (χ0n) is 47.4. The summed E-state index contributed by atoms with van der Waals surface area (Å²) in [7, 11) is 0. The summed E-state index contributed by atoms with van der Waals surface area (Å²) >= 11 is 0. The fourth-order valence-electron chi connectivity index (χ4n) is 8.48. The van der Waals surface area contributed by atoms with E-state index in [1.807, 2.05) is 19.1 Å². The van der Waals surface area contributed by atoms with Gasteiger partial charge in [-0.05, 0) is 87.9 Å². The Morgan fingerprint density at radius 2 is 1.06 bits per heavy atom. The molecule has 20 N–H and O–H groups in total. The van der Waals surface area contributed by atoms with Gasteiger partial charge in [-0.15, -0.1) is 0 Å². The molecule has 2 rings (SSSR count). The molecule has 31 nitrogen and oxygen atoms in total. The molecule has 1 heterocycles. The zero-order chi connectivity index (χ0) is 63.2. The number of nitrogens with one attached hydrogen (secondary N) is 7. The van der Waals surface area contributed by atoms with Crippen molar-refractivity contribution in [3.8, 4) is 0 Å². The fourth-order valence-corrected chi connectivity index (χ4v) is 8.48. The Morgan fingerprint density at radius 3 is 1.58 bits per heavy atom. The molecule has 0 unspecified atom stereocenters. The number of amides is 10. The molecule has 0 radical (unpaired) electrons. The van der Waals surface area contributed by atoms with E-state index in [1.54, 1.807) is 26.0 Å². The molecule has 1 aromatic carbocycles. The Kier molecular flexibility index (Phi) is 33.4. The Balaban J connectivity index is 2.06. The summed E-state index contributed by atoms with van der Waals surface area (Å²) in [6, 6.07) is 1.11. The Bertz CT molecular complexity index is 2280. The number of anilines is 1. The van der Waals surface area contributed by atoms with Crippen molar-refractivity contribution < 1.29 is 104 Å². The summed E-state index contributed by atoms with van der Waals surface area (Å²) in [4.78, 5) is 129. The molecule has 10 amide bonds. The molecule has 0 spiro atoms.